The van der Waals surface area contributed by atoms with Gasteiger partial charge < -0.3 is 20.1 Å². The first-order chi connectivity index (χ1) is 18.7. The van der Waals surface area contributed by atoms with Crippen LogP contribution in [-0.4, -0.2) is 59.2 Å². The molecule has 1 aliphatic rings. The number of ketones is 1. The zero-order valence-electron chi connectivity index (χ0n) is 21.4. The smallest absolute Gasteiger partial charge is 0.343 e. The summed E-state index contributed by atoms with van der Waals surface area (Å²) in [6, 6.07) is 12.4. The quantitative estimate of drug-likeness (QED) is 0.222. The van der Waals surface area contributed by atoms with Crippen LogP contribution in [0.5, 0.6) is 5.75 Å². The van der Waals surface area contributed by atoms with Crippen molar-refractivity contribution in [2.45, 2.75) is 31.8 Å². The third-order valence-electron chi connectivity index (χ3n) is 6.21. The number of benzene rings is 2. The maximum atomic E-state index is 13.6. The van der Waals surface area contributed by atoms with Crippen LogP contribution in [0, 0.1) is 0 Å². The second-order valence-electron chi connectivity index (χ2n) is 8.75. The van der Waals surface area contributed by atoms with Crippen LogP contribution < -0.4 is 15.4 Å². The summed E-state index contributed by atoms with van der Waals surface area (Å²) in [6.45, 7) is 2.85. The molecule has 0 aliphatic carbocycles. The molecule has 2 N–H and O–H groups in total. The average Bonchev–Trinajstić information content (AvgIpc) is 3.52. The number of rotatable bonds is 10. The number of urea groups is 1. The highest BCUT2D eigenvalue weighted by Crippen LogP contribution is 2.32. The van der Waals surface area contributed by atoms with Crippen molar-refractivity contribution in [3.8, 4) is 5.75 Å². The Bertz CT molecular complexity index is 1390. The predicted molar refractivity (Wildman–Crippen MR) is 141 cm³/mol. The van der Waals surface area contributed by atoms with Crippen LogP contribution in [0.25, 0.3) is 0 Å². The van der Waals surface area contributed by atoms with E-state index in [1.165, 1.54) is 19.4 Å². The van der Waals surface area contributed by atoms with Crippen molar-refractivity contribution < 1.29 is 33.4 Å². The summed E-state index contributed by atoms with van der Waals surface area (Å²) in [5.41, 5.74) is 1.42. The van der Waals surface area contributed by atoms with Gasteiger partial charge in [-0.3, -0.25) is 14.4 Å². The minimum absolute atomic E-state index is 0.182. The maximum Gasteiger partial charge on any atom is 0.343 e. The molecule has 0 spiro atoms. The van der Waals surface area contributed by atoms with E-state index in [1.807, 2.05) is 18.2 Å². The summed E-state index contributed by atoms with van der Waals surface area (Å²) in [7, 11) is 1.25. The van der Waals surface area contributed by atoms with Crippen molar-refractivity contribution in [3.63, 3.8) is 0 Å². The molecule has 0 saturated carbocycles. The summed E-state index contributed by atoms with van der Waals surface area (Å²) in [5, 5.41) is 7.03. The number of carbonyl (C=O) groups excluding carboxylic acids is 5. The van der Waals surface area contributed by atoms with Gasteiger partial charge in [-0.1, -0.05) is 49.4 Å². The number of aromatic nitrogens is 1. The van der Waals surface area contributed by atoms with Gasteiger partial charge in [0.1, 0.15) is 23.5 Å². The molecule has 0 bridgehead atoms. The Morgan fingerprint density at radius 1 is 1.10 bits per heavy atom. The van der Waals surface area contributed by atoms with Gasteiger partial charge >= 0.3 is 12.0 Å². The van der Waals surface area contributed by atoms with Crippen molar-refractivity contribution in [3.05, 3.63) is 76.8 Å². The second kappa shape index (κ2) is 11.9. The highest BCUT2D eigenvalue weighted by atomic mass is 32.1. The van der Waals surface area contributed by atoms with Gasteiger partial charge in [0, 0.05) is 18.2 Å². The number of carbonyl (C=O) groups is 5. The minimum Gasteiger partial charge on any atom is -0.482 e. The van der Waals surface area contributed by atoms with Gasteiger partial charge in [-0.05, 0) is 23.3 Å². The van der Waals surface area contributed by atoms with E-state index in [2.05, 4.69) is 20.4 Å². The average molecular weight is 551 g/mol. The second-order valence-corrected chi connectivity index (χ2v) is 9.61. The SMILES string of the molecule is COC(=O)COc1ccc(C2NC(=O)N([C@H](C(=O)Nc3nc(C(C)=O)cs3)[C@@H](C)c3ccccc3)C2=O)cc1. The van der Waals surface area contributed by atoms with Crippen molar-refractivity contribution in [2.75, 3.05) is 19.0 Å². The number of esters is 1. The molecule has 1 aliphatic heterocycles. The maximum absolute atomic E-state index is 13.6. The van der Waals surface area contributed by atoms with E-state index in [9.17, 15) is 24.0 Å². The third-order valence-corrected chi connectivity index (χ3v) is 6.97. The number of nitrogens with zero attached hydrogens (tertiary/aromatic N) is 2. The van der Waals surface area contributed by atoms with Crippen LogP contribution in [0.3, 0.4) is 0 Å². The van der Waals surface area contributed by atoms with Crippen LogP contribution >= 0.6 is 11.3 Å². The van der Waals surface area contributed by atoms with E-state index in [-0.39, 0.29) is 23.2 Å². The van der Waals surface area contributed by atoms with Crippen molar-refractivity contribution in [2.24, 2.45) is 0 Å². The molecule has 4 rings (SSSR count). The van der Waals surface area contributed by atoms with E-state index in [4.69, 9.17) is 4.74 Å². The number of hydrogen-bond acceptors (Lipinski definition) is 9. The Labute approximate surface area is 228 Å². The number of imide groups is 1. The van der Waals surface area contributed by atoms with E-state index in [0.717, 1.165) is 21.8 Å². The number of nitrogens with one attached hydrogen (secondary N) is 2. The van der Waals surface area contributed by atoms with E-state index >= 15 is 0 Å². The molecule has 202 valence electrons. The Morgan fingerprint density at radius 3 is 2.41 bits per heavy atom. The lowest BCUT2D eigenvalue weighted by Crippen LogP contribution is -2.50. The Hall–Kier alpha value is -4.58. The number of ether oxygens (including phenoxy) is 2. The summed E-state index contributed by atoms with van der Waals surface area (Å²) in [4.78, 5) is 68.3. The van der Waals surface area contributed by atoms with E-state index < -0.39 is 41.8 Å². The molecular formula is C27H26N4O7S. The van der Waals surface area contributed by atoms with Gasteiger partial charge in [-0.2, -0.15) is 0 Å². The third kappa shape index (κ3) is 6.12. The first-order valence-electron chi connectivity index (χ1n) is 11.9. The molecule has 1 fully saturated rings. The van der Waals surface area contributed by atoms with Crippen LogP contribution in [0.2, 0.25) is 0 Å². The zero-order valence-corrected chi connectivity index (χ0v) is 22.2. The van der Waals surface area contributed by atoms with Crippen molar-refractivity contribution in [1.82, 2.24) is 15.2 Å². The van der Waals surface area contributed by atoms with Crippen LogP contribution in [-0.2, 0) is 19.1 Å². The molecule has 3 aromatic rings. The minimum atomic E-state index is -1.21. The first kappa shape index (κ1) is 27.5. The van der Waals surface area contributed by atoms with Crippen LogP contribution in [0.15, 0.2) is 60.0 Å². The number of anilines is 1. The van der Waals surface area contributed by atoms with Gasteiger partial charge in [0.2, 0.25) is 5.91 Å². The molecule has 0 radical (unpaired) electrons. The number of methoxy groups -OCH3 is 1. The van der Waals surface area contributed by atoms with Crippen molar-refractivity contribution >= 4 is 46.1 Å². The number of hydrogen-bond donors (Lipinski definition) is 2. The number of Topliss-reactive ketones (excluding diaryl/α,β-unsaturated/α-hetero) is 1. The topological polar surface area (TPSA) is 144 Å². The van der Waals surface area contributed by atoms with Gasteiger partial charge in [0.05, 0.1) is 7.11 Å². The zero-order chi connectivity index (χ0) is 28.1. The molecule has 4 amide bonds. The molecular weight excluding hydrogens is 524 g/mol. The molecule has 1 saturated heterocycles. The molecule has 12 heteroatoms. The highest BCUT2D eigenvalue weighted by molar-refractivity contribution is 7.14. The first-order valence-corrected chi connectivity index (χ1v) is 12.8. The molecule has 2 heterocycles. The Kier molecular flexibility index (Phi) is 8.35. The van der Waals surface area contributed by atoms with Gasteiger partial charge in [0.25, 0.3) is 5.91 Å². The fourth-order valence-corrected chi connectivity index (χ4v) is 4.87. The standard InChI is InChI=1S/C27H26N4O7S/c1-15(17-7-5-4-6-8-17)23(24(34)30-26-28-20(14-39-26)16(2)32)31-25(35)22(29-27(31)36)18-9-11-19(12-10-18)38-13-21(33)37-3/h4-12,14-15,22-23H,13H2,1-3H3,(H,29,36)(H,28,30,34)/t15-,22?,23-/m0/s1. The Balaban J connectivity index is 1.59. The predicted octanol–water partition coefficient (Wildman–Crippen LogP) is 3.30. The van der Waals surface area contributed by atoms with Gasteiger partial charge in [-0.25, -0.2) is 19.5 Å². The van der Waals surface area contributed by atoms with Crippen LogP contribution in [0.4, 0.5) is 9.93 Å². The summed E-state index contributed by atoms with van der Waals surface area (Å²) >= 11 is 1.07. The lowest BCUT2D eigenvalue weighted by Gasteiger charge is -2.29. The van der Waals surface area contributed by atoms with Crippen molar-refractivity contribution in [1.29, 1.82) is 0 Å². The molecule has 2 aromatic carbocycles. The van der Waals surface area contributed by atoms with Gasteiger partial charge in [-0.15, -0.1) is 11.3 Å². The Morgan fingerprint density at radius 2 is 1.79 bits per heavy atom. The molecule has 39 heavy (non-hydrogen) atoms. The molecule has 3 atom stereocenters. The molecule has 11 nitrogen and oxygen atoms in total. The molecule has 1 unspecified atom stereocenters. The fourth-order valence-electron chi connectivity index (χ4n) is 4.12. The lowest BCUT2D eigenvalue weighted by atomic mass is 9.91. The lowest BCUT2D eigenvalue weighted by molar-refractivity contribution is -0.142. The normalized spacial score (nSPS) is 16.3. The van der Waals surface area contributed by atoms with Crippen LogP contribution in [0.1, 0.15) is 47.4 Å². The molecule has 1 aromatic heterocycles. The number of amides is 4. The van der Waals surface area contributed by atoms with E-state index in [0.29, 0.717) is 11.3 Å². The number of thiazole rings is 1. The largest absolute Gasteiger partial charge is 0.482 e. The monoisotopic (exact) mass is 550 g/mol. The van der Waals surface area contributed by atoms with E-state index in [1.54, 1.807) is 43.3 Å². The summed E-state index contributed by atoms with van der Waals surface area (Å²) < 4.78 is 9.88. The van der Waals surface area contributed by atoms with Gasteiger partial charge in [0.15, 0.2) is 17.5 Å². The summed E-state index contributed by atoms with van der Waals surface area (Å²) in [5.74, 6) is -2.21. The highest BCUT2D eigenvalue weighted by Gasteiger charge is 2.47. The fraction of sp³-hybridized carbons (Fsp3) is 0.259. The summed E-state index contributed by atoms with van der Waals surface area (Å²) in [6.07, 6.45) is 0.